The summed E-state index contributed by atoms with van der Waals surface area (Å²) in [6.45, 7) is 3.12. The maximum atomic E-state index is 13.4. The van der Waals surface area contributed by atoms with Crippen LogP contribution >= 0.6 is 22.9 Å². The number of anilines is 1. The topological polar surface area (TPSA) is 70.1 Å². The summed E-state index contributed by atoms with van der Waals surface area (Å²) >= 11 is 7.83. The van der Waals surface area contributed by atoms with Gasteiger partial charge in [-0.25, -0.2) is 4.98 Å². The first kappa shape index (κ1) is 24.3. The zero-order valence-electron chi connectivity index (χ0n) is 19.6. The van der Waals surface area contributed by atoms with Crippen LogP contribution in [0.25, 0.3) is 16.3 Å². The number of thiazole rings is 1. The van der Waals surface area contributed by atoms with Crippen LogP contribution in [0.5, 0.6) is 17.2 Å². The third-order valence-corrected chi connectivity index (χ3v) is 7.24. The second kappa shape index (κ2) is 10.6. The van der Waals surface area contributed by atoms with Crippen molar-refractivity contribution >= 4 is 50.3 Å². The van der Waals surface area contributed by atoms with Crippen molar-refractivity contribution in [3.05, 3.63) is 46.5 Å². The molecule has 0 bridgehead atoms. The van der Waals surface area contributed by atoms with Crippen LogP contribution in [0.1, 0.15) is 24.0 Å². The van der Waals surface area contributed by atoms with Gasteiger partial charge in [0.25, 0.3) is 5.91 Å². The zero-order valence-corrected chi connectivity index (χ0v) is 21.2. The minimum absolute atomic E-state index is 0.0258. The summed E-state index contributed by atoms with van der Waals surface area (Å²) in [5.74, 6) is 1.33. The molecule has 0 N–H and O–H groups in total. The highest BCUT2D eigenvalue weighted by molar-refractivity contribution is 7.23. The van der Waals surface area contributed by atoms with Crippen molar-refractivity contribution in [2.24, 2.45) is 0 Å². The number of aryl methyl sites for hydroxylation is 1. The summed E-state index contributed by atoms with van der Waals surface area (Å²) in [6, 6.07) is 7.37. The van der Waals surface area contributed by atoms with Gasteiger partial charge in [-0.15, -0.1) is 0 Å². The Bertz CT molecular complexity index is 1160. The molecule has 1 unspecified atom stereocenters. The summed E-state index contributed by atoms with van der Waals surface area (Å²) < 4.78 is 22.9. The number of fused-ring (bicyclic) bond motifs is 1. The lowest BCUT2D eigenvalue weighted by Crippen LogP contribution is -2.36. The average molecular weight is 503 g/mol. The molecule has 9 heteroatoms. The van der Waals surface area contributed by atoms with Gasteiger partial charge in [-0.05, 0) is 55.2 Å². The van der Waals surface area contributed by atoms with Gasteiger partial charge in [0.05, 0.1) is 49.2 Å². The molecule has 0 radical (unpaired) electrons. The predicted octanol–water partition coefficient (Wildman–Crippen LogP) is 5.51. The van der Waals surface area contributed by atoms with Crippen molar-refractivity contribution in [3.63, 3.8) is 0 Å². The Morgan fingerprint density at radius 1 is 1.24 bits per heavy atom. The number of amides is 1. The van der Waals surface area contributed by atoms with E-state index in [0.717, 1.165) is 34.2 Å². The smallest absolute Gasteiger partial charge is 0.252 e. The van der Waals surface area contributed by atoms with Crippen LogP contribution in [0.2, 0.25) is 5.02 Å². The molecule has 34 heavy (non-hydrogen) atoms. The second-order valence-corrected chi connectivity index (χ2v) is 9.30. The van der Waals surface area contributed by atoms with Gasteiger partial charge in [0.15, 0.2) is 16.6 Å². The third kappa shape index (κ3) is 4.99. The highest BCUT2D eigenvalue weighted by Gasteiger charge is 2.26. The monoisotopic (exact) mass is 502 g/mol. The Hall–Kier alpha value is -2.81. The number of methoxy groups -OCH3 is 3. The molecule has 3 aromatic rings. The van der Waals surface area contributed by atoms with Crippen LogP contribution in [0.15, 0.2) is 30.3 Å². The highest BCUT2D eigenvalue weighted by Crippen LogP contribution is 2.39. The normalized spacial score (nSPS) is 15.7. The van der Waals surface area contributed by atoms with E-state index in [9.17, 15) is 4.79 Å². The number of rotatable bonds is 8. The van der Waals surface area contributed by atoms with Crippen LogP contribution in [-0.2, 0) is 9.53 Å². The van der Waals surface area contributed by atoms with E-state index in [1.54, 1.807) is 44.4 Å². The largest absolute Gasteiger partial charge is 0.493 e. The van der Waals surface area contributed by atoms with Crippen LogP contribution < -0.4 is 19.1 Å². The molecule has 1 amide bonds. The fraction of sp³-hybridized carbons (Fsp3) is 0.360. The highest BCUT2D eigenvalue weighted by atomic mass is 35.5. The Kier molecular flexibility index (Phi) is 7.60. The summed E-state index contributed by atoms with van der Waals surface area (Å²) in [4.78, 5) is 19.8. The van der Waals surface area contributed by atoms with E-state index >= 15 is 0 Å². The third-order valence-electron chi connectivity index (χ3n) is 5.70. The molecule has 1 fully saturated rings. The summed E-state index contributed by atoms with van der Waals surface area (Å²) in [6.07, 6.45) is 5.11. The standard InChI is InChI=1S/C25H27ClN2O5S/c1-15-7-9-18(26)24-22(15)27-25(34-24)28(14-17-6-5-11-33-17)21(29)10-8-16-12-19(30-2)23(32-4)20(13-16)31-3/h7-10,12-13,17H,5-6,11,14H2,1-4H3/b10-8+. The van der Waals surface area contributed by atoms with E-state index in [-0.39, 0.29) is 12.0 Å². The van der Waals surface area contributed by atoms with Crippen molar-refractivity contribution in [3.8, 4) is 17.2 Å². The predicted molar refractivity (Wildman–Crippen MR) is 136 cm³/mol. The number of hydrogen-bond donors (Lipinski definition) is 0. The van der Waals surface area contributed by atoms with Gasteiger partial charge in [0.2, 0.25) is 5.75 Å². The number of nitrogens with zero attached hydrogens (tertiary/aromatic N) is 2. The zero-order chi connectivity index (χ0) is 24.2. The molecule has 2 heterocycles. The van der Waals surface area contributed by atoms with Gasteiger partial charge in [-0.1, -0.05) is 29.0 Å². The molecule has 4 rings (SSSR count). The number of carbonyl (C=O) groups excluding carboxylic acids is 1. The second-order valence-electron chi connectivity index (χ2n) is 7.91. The molecule has 1 aliphatic heterocycles. The number of benzene rings is 2. The minimum atomic E-state index is -0.197. The van der Waals surface area contributed by atoms with Crippen LogP contribution in [0.4, 0.5) is 5.13 Å². The fourth-order valence-corrected chi connectivity index (χ4v) is 5.25. The molecule has 0 spiro atoms. The number of halogens is 1. The van der Waals surface area contributed by atoms with Crippen LogP contribution in [0, 0.1) is 6.92 Å². The SMILES string of the molecule is COc1cc(/C=C/C(=O)N(CC2CCCO2)c2nc3c(C)ccc(Cl)c3s2)cc(OC)c1OC. The van der Waals surface area contributed by atoms with Crippen molar-refractivity contribution < 1.29 is 23.7 Å². The van der Waals surface area contributed by atoms with Crippen molar-refractivity contribution in [2.75, 3.05) is 39.4 Å². The van der Waals surface area contributed by atoms with Gasteiger partial charge < -0.3 is 18.9 Å². The lowest BCUT2D eigenvalue weighted by Gasteiger charge is -2.21. The molecular weight excluding hydrogens is 476 g/mol. The molecule has 0 saturated carbocycles. The molecule has 1 saturated heterocycles. The first-order chi connectivity index (χ1) is 16.4. The van der Waals surface area contributed by atoms with Crippen LogP contribution in [0.3, 0.4) is 0 Å². The number of carbonyl (C=O) groups is 1. The summed E-state index contributed by atoms with van der Waals surface area (Å²) in [7, 11) is 4.66. The average Bonchev–Trinajstić information content (AvgIpc) is 3.53. The first-order valence-electron chi connectivity index (χ1n) is 10.9. The molecule has 1 aromatic heterocycles. The van der Waals surface area contributed by atoms with Gasteiger partial charge >= 0.3 is 0 Å². The van der Waals surface area contributed by atoms with Gasteiger partial charge in [-0.2, -0.15) is 0 Å². The lowest BCUT2D eigenvalue weighted by atomic mass is 10.1. The fourth-order valence-electron chi connectivity index (χ4n) is 3.92. The Morgan fingerprint density at radius 3 is 2.56 bits per heavy atom. The van der Waals surface area contributed by atoms with Crippen molar-refractivity contribution in [1.29, 1.82) is 0 Å². The molecule has 180 valence electrons. The minimum Gasteiger partial charge on any atom is -0.493 e. The van der Waals surface area contributed by atoms with Crippen LogP contribution in [-0.4, -0.2) is 51.5 Å². The molecule has 0 aliphatic carbocycles. The van der Waals surface area contributed by atoms with E-state index in [2.05, 4.69) is 0 Å². The Balaban J connectivity index is 1.67. The van der Waals surface area contributed by atoms with Crippen molar-refractivity contribution in [1.82, 2.24) is 4.98 Å². The number of hydrogen-bond acceptors (Lipinski definition) is 7. The summed E-state index contributed by atoms with van der Waals surface area (Å²) in [5.41, 5.74) is 2.56. The maximum Gasteiger partial charge on any atom is 0.252 e. The molecular formula is C25H27ClN2O5S. The van der Waals surface area contributed by atoms with Gasteiger partial charge in [-0.3, -0.25) is 9.69 Å². The van der Waals surface area contributed by atoms with Gasteiger partial charge in [0.1, 0.15) is 0 Å². The first-order valence-corrected chi connectivity index (χ1v) is 12.1. The molecule has 1 aliphatic rings. The quantitative estimate of drug-likeness (QED) is 0.378. The Labute approximate surface area is 207 Å². The maximum absolute atomic E-state index is 13.4. The number of aromatic nitrogens is 1. The number of ether oxygens (including phenoxy) is 4. The van der Waals surface area contributed by atoms with E-state index in [1.165, 1.54) is 17.4 Å². The van der Waals surface area contributed by atoms with Gasteiger partial charge in [0, 0.05) is 12.7 Å². The van der Waals surface area contributed by atoms with E-state index < -0.39 is 0 Å². The Morgan fingerprint density at radius 2 is 1.97 bits per heavy atom. The molecule has 7 nitrogen and oxygen atoms in total. The van der Waals surface area contributed by atoms with E-state index in [0.29, 0.717) is 40.6 Å². The molecule has 2 aromatic carbocycles. The van der Waals surface area contributed by atoms with E-state index in [1.807, 2.05) is 19.1 Å². The lowest BCUT2D eigenvalue weighted by molar-refractivity contribution is -0.114. The summed E-state index contributed by atoms with van der Waals surface area (Å²) in [5, 5.41) is 1.23. The van der Waals surface area contributed by atoms with E-state index in [4.69, 9.17) is 35.5 Å². The van der Waals surface area contributed by atoms with Crippen molar-refractivity contribution in [2.45, 2.75) is 25.9 Å². The molecule has 1 atom stereocenters.